The van der Waals surface area contributed by atoms with Gasteiger partial charge in [0, 0.05) is 36.8 Å². The van der Waals surface area contributed by atoms with Gasteiger partial charge < -0.3 is 10.2 Å². The molecule has 3 aromatic rings. The van der Waals surface area contributed by atoms with Crippen LogP contribution in [0.2, 0.25) is 0 Å². The van der Waals surface area contributed by atoms with E-state index in [1.165, 1.54) is 0 Å². The highest BCUT2D eigenvalue weighted by Crippen LogP contribution is 2.34. The van der Waals surface area contributed by atoms with Crippen LogP contribution in [-0.2, 0) is 10.3 Å². The zero-order valence-electron chi connectivity index (χ0n) is 18.4. The molecule has 3 aromatic heterocycles. The van der Waals surface area contributed by atoms with Crippen LogP contribution in [0.5, 0.6) is 0 Å². The van der Waals surface area contributed by atoms with Crippen molar-refractivity contribution in [1.82, 2.24) is 34.6 Å². The van der Waals surface area contributed by atoms with Gasteiger partial charge in [0.15, 0.2) is 11.2 Å². The molecule has 0 unspecified atom stereocenters. The molecule has 10 nitrogen and oxygen atoms in total. The number of piperidine rings is 1. The summed E-state index contributed by atoms with van der Waals surface area (Å²) in [7, 11) is 0. The number of carbonyl (C=O) groups is 1. The number of aromatic nitrogens is 5. The van der Waals surface area contributed by atoms with Gasteiger partial charge in [-0.1, -0.05) is 6.07 Å². The first-order valence-electron chi connectivity index (χ1n) is 11.7. The third-order valence-corrected chi connectivity index (χ3v) is 7.10. The Morgan fingerprint density at radius 1 is 1.24 bits per heavy atom. The number of likely N-dealkylation sites (tertiary alicyclic amines) is 1. The van der Waals surface area contributed by atoms with Crippen molar-refractivity contribution >= 4 is 17.5 Å². The van der Waals surface area contributed by atoms with Crippen molar-refractivity contribution < 1.29 is 4.79 Å². The molecular weight excluding hydrogens is 418 g/mol. The number of amides is 1. The fourth-order valence-corrected chi connectivity index (χ4v) is 5.05. The Kier molecular flexibility index (Phi) is 4.89. The van der Waals surface area contributed by atoms with Gasteiger partial charge in [0.1, 0.15) is 0 Å². The van der Waals surface area contributed by atoms with Gasteiger partial charge >= 0.3 is 0 Å². The Hall–Kier alpha value is -3.29. The van der Waals surface area contributed by atoms with Crippen molar-refractivity contribution in [2.75, 3.05) is 38.0 Å². The Balaban J connectivity index is 1.25. The fourth-order valence-electron chi connectivity index (χ4n) is 5.05. The Morgan fingerprint density at radius 2 is 2.06 bits per heavy atom. The summed E-state index contributed by atoms with van der Waals surface area (Å²) in [5.74, 6) is 0.414. The summed E-state index contributed by atoms with van der Waals surface area (Å²) in [6.45, 7) is 11.8. The number of fused-ring (bicyclic) bond motifs is 1. The molecule has 0 atom stereocenters. The van der Waals surface area contributed by atoms with Gasteiger partial charge in [-0.3, -0.25) is 19.7 Å². The van der Waals surface area contributed by atoms with E-state index in [0.29, 0.717) is 24.2 Å². The van der Waals surface area contributed by atoms with Crippen molar-refractivity contribution in [2.24, 2.45) is 5.92 Å². The lowest BCUT2D eigenvalue weighted by molar-refractivity contribution is -0.117. The molecule has 1 aliphatic carbocycles. The second-order valence-corrected chi connectivity index (χ2v) is 9.48. The van der Waals surface area contributed by atoms with Crippen LogP contribution in [0.4, 0.5) is 5.95 Å². The molecule has 1 saturated carbocycles. The molecule has 10 heteroatoms. The van der Waals surface area contributed by atoms with E-state index in [2.05, 4.69) is 35.6 Å². The minimum Gasteiger partial charge on any atom is -0.317 e. The quantitative estimate of drug-likeness (QED) is 0.560. The number of hydrogen-bond donors (Lipinski definition) is 2. The highest BCUT2D eigenvalue weighted by Gasteiger charge is 2.50. The van der Waals surface area contributed by atoms with Crippen molar-refractivity contribution in [3.63, 3.8) is 0 Å². The molecule has 2 saturated heterocycles. The van der Waals surface area contributed by atoms with Crippen LogP contribution in [0.1, 0.15) is 25.7 Å². The topological polar surface area (TPSA) is 96.7 Å². The van der Waals surface area contributed by atoms with Gasteiger partial charge in [-0.05, 0) is 50.9 Å². The Labute approximate surface area is 191 Å². The molecule has 3 aliphatic rings. The van der Waals surface area contributed by atoms with Crippen molar-refractivity contribution in [1.29, 1.82) is 0 Å². The summed E-state index contributed by atoms with van der Waals surface area (Å²) in [6.07, 6.45) is 8.04. The molecular formula is C23H27N9O. The monoisotopic (exact) mass is 445 g/mol. The second-order valence-electron chi connectivity index (χ2n) is 9.48. The minimum absolute atomic E-state index is 0.00959. The molecule has 2 N–H and O–H groups in total. The van der Waals surface area contributed by atoms with Crippen LogP contribution >= 0.6 is 0 Å². The third kappa shape index (κ3) is 3.67. The number of pyridine rings is 1. The van der Waals surface area contributed by atoms with Gasteiger partial charge in [-0.25, -0.2) is 11.1 Å². The fraction of sp³-hybridized carbons (Fsp3) is 0.522. The minimum atomic E-state index is -0.287. The van der Waals surface area contributed by atoms with E-state index in [9.17, 15) is 4.79 Å². The summed E-state index contributed by atoms with van der Waals surface area (Å²) < 4.78 is 3.72. The van der Waals surface area contributed by atoms with Crippen molar-refractivity contribution in [3.8, 4) is 11.3 Å². The van der Waals surface area contributed by atoms with Crippen LogP contribution in [0.25, 0.3) is 21.7 Å². The molecule has 170 valence electrons. The van der Waals surface area contributed by atoms with E-state index in [1.807, 2.05) is 35.3 Å². The molecule has 0 bridgehead atoms. The first-order chi connectivity index (χ1) is 16.1. The van der Waals surface area contributed by atoms with Crippen molar-refractivity contribution in [2.45, 2.75) is 37.3 Å². The van der Waals surface area contributed by atoms with Gasteiger partial charge in [0.25, 0.3) is 0 Å². The number of rotatable bonds is 6. The molecule has 0 radical (unpaired) electrons. The van der Waals surface area contributed by atoms with E-state index in [-0.39, 0.29) is 17.4 Å². The Bertz CT molecular complexity index is 1220. The number of hydrogen-bond acceptors (Lipinski definition) is 6. The molecule has 0 aromatic carbocycles. The third-order valence-electron chi connectivity index (χ3n) is 7.10. The molecule has 5 heterocycles. The first-order valence-corrected chi connectivity index (χ1v) is 11.7. The Morgan fingerprint density at radius 3 is 2.82 bits per heavy atom. The zero-order valence-corrected chi connectivity index (χ0v) is 18.4. The first kappa shape index (κ1) is 20.3. The number of anilines is 1. The van der Waals surface area contributed by atoms with Gasteiger partial charge in [0.05, 0.1) is 11.9 Å². The summed E-state index contributed by atoms with van der Waals surface area (Å²) in [5, 5.41) is 15.5. The number of carbonyl (C=O) groups excluding carboxylic acids is 1. The molecule has 33 heavy (non-hydrogen) atoms. The average molecular weight is 446 g/mol. The highest BCUT2D eigenvalue weighted by molar-refractivity contribution is 5.92. The molecule has 3 fully saturated rings. The van der Waals surface area contributed by atoms with Gasteiger partial charge in [-0.2, -0.15) is 10.1 Å². The maximum absolute atomic E-state index is 12.1. The summed E-state index contributed by atoms with van der Waals surface area (Å²) in [4.78, 5) is 22.8. The van der Waals surface area contributed by atoms with Crippen LogP contribution in [0, 0.1) is 12.5 Å². The summed E-state index contributed by atoms with van der Waals surface area (Å²) >= 11 is 0. The maximum Gasteiger partial charge on any atom is 0.249 e. The van der Waals surface area contributed by atoms with Crippen LogP contribution in [0.3, 0.4) is 0 Å². The van der Waals surface area contributed by atoms with E-state index >= 15 is 0 Å². The lowest BCUT2D eigenvalue weighted by Crippen LogP contribution is -2.67. The van der Waals surface area contributed by atoms with E-state index < -0.39 is 0 Å². The van der Waals surface area contributed by atoms with E-state index in [4.69, 9.17) is 6.57 Å². The molecule has 6 rings (SSSR count). The SMILES string of the molecule is [C-]#[N+]CC1(n2cc(-c3cccc4nc(NC(=O)C5CC5)nn34)cn2)CN(C2CCNCC2)C1. The average Bonchev–Trinajstić information content (AvgIpc) is 3.40. The highest BCUT2D eigenvalue weighted by atomic mass is 16.2. The standard InChI is InChI=1S/C23H27N9O/c1-24-13-23(14-30(15-23)18-7-9-25-10-8-18)31-12-17(11-26-31)19-3-2-4-20-27-22(29-32(19)20)28-21(33)16-5-6-16/h2-4,11-12,16,18,25H,5-10,13-15H2,(H,28,29,33). The normalized spacial score (nSPS) is 20.9. The predicted octanol–water partition coefficient (Wildman–Crippen LogP) is 1.62. The maximum atomic E-state index is 12.1. The zero-order chi connectivity index (χ0) is 22.4. The van der Waals surface area contributed by atoms with Crippen LogP contribution in [0.15, 0.2) is 30.6 Å². The number of nitrogens with zero attached hydrogens (tertiary/aromatic N) is 7. The van der Waals surface area contributed by atoms with Gasteiger partial charge in [0.2, 0.25) is 18.4 Å². The molecule has 2 aliphatic heterocycles. The van der Waals surface area contributed by atoms with Crippen LogP contribution in [-0.4, -0.2) is 74.0 Å². The molecule has 1 amide bonds. The van der Waals surface area contributed by atoms with Gasteiger partial charge in [-0.15, -0.1) is 5.10 Å². The summed E-state index contributed by atoms with van der Waals surface area (Å²) in [6, 6.07) is 6.37. The largest absolute Gasteiger partial charge is 0.317 e. The van der Waals surface area contributed by atoms with E-state index in [0.717, 1.165) is 63.1 Å². The summed E-state index contributed by atoms with van der Waals surface area (Å²) in [5.41, 5.74) is 2.15. The molecule has 0 spiro atoms. The number of nitrogens with one attached hydrogen (secondary N) is 2. The lowest BCUT2D eigenvalue weighted by atomic mass is 9.86. The lowest BCUT2D eigenvalue weighted by Gasteiger charge is -2.51. The van der Waals surface area contributed by atoms with Crippen molar-refractivity contribution in [3.05, 3.63) is 42.0 Å². The predicted molar refractivity (Wildman–Crippen MR) is 122 cm³/mol. The van der Waals surface area contributed by atoms with Crippen LogP contribution < -0.4 is 10.6 Å². The smallest absolute Gasteiger partial charge is 0.249 e. The second kappa shape index (κ2) is 7.93. The van der Waals surface area contributed by atoms with E-state index in [1.54, 1.807) is 4.52 Å².